The van der Waals surface area contributed by atoms with Crippen molar-refractivity contribution < 1.29 is 74.7 Å². The summed E-state index contributed by atoms with van der Waals surface area (Å²) in [4.78, 5) is 0. The lowest BCUT2D eigenvalue weighted by Crippen LogP contribution is -2.62. The Kier molecular flexibility index (Phi) is 8.75. The molecular formula is C17H30O15. The van der Waals surface area contributed by atoms with E-state index < -0.39 is 99.2 Å². The second kappa shape index (κ2) is 10.8. The Bertz CT molecular complexity index is 596. The quantitative estimate of drug-likeness (QED) is 0.172. The summed E-state index contributed by atoms with van der Waals surface area (Å²) in [5, 5.41) is 98.1. The normalized spacial score (nSPS) is 52.7. The molecule has 0 aliphatic carbocycles. The molecule has 0 spiro atoms. The van der Waals surface area contributed by atoms with E-state index in [1.807, 2.05) is 0 Å². The van der Waals surface area contributed by atoms with Gasteiger partial charge in [0, 0.05) is 0 Å². The maximum absolute atomic E-state index is 10.2. The first kappa shape index (κ1) is 26.0. The SMILES string of the molecule is OC1COC(OCC2OC(OCC3OC(O)C(O)C(O)C3O)C(O)C(O)C2O)C(O)C1O. The van der Waals surface area contributed by atoms with E-state index >= 15 is 0 Å². The molecule has 10 N–H and O–H groups in total. The summed E-state index contributed by atoms with van der Waals surface area (Å²) in [5.41, 5.74) is 0. The summed E-state index contributed by atoms with van der Waals surface area (Å²) in [6.45, 7) is -1.35. The van der Waals surface area contributed by atoms with Crippen LogP contribution in [0.25, 0.3) is 0 Å². The summed E-state index contributed by atoms with van der Waals surface area (Å²) in [6.07, 6.45) is -22.0. The van der Waals surface area contributed by atoms with Gasteiger partial charge in [-0.1, -0.05) is 0 Å². The summed E-state index contributed by atoms with van der Waals surface area (Å²) in [6, 6.07) is 0. The lowest BCUT2D eigenvalue weighted by atomic mass is 9.98. The van der Waals surface area contributed by atoms with E-state index in [9.17, 15) is 51.1 Å². The Hall–Kier alpha value is -0.600. The smallest absolute Gasteiger partial charge is 0.186 e. The van der Waals surface area contributed by atoms with Gasteiger partial charge in [0.2, 0.25) is 0 Å². The van der Waals surface area contributed by atoms with Gasteiger partial charge in [-0.05, 0) is 0 Å². The zero-order valence-corrected chi connectivity index (χ0v) is 16.7. The molecule has 0 radical (unpaired) electrons. The van der Waals surface area contributed by atoms with Crippen LogP contribution in [0.4, 0.5) is 0 Å². The van der Waals surface area contributed by atoms with Crippen LogP contribution in [-0.4, -0.2) is 157 Å². The average Bonchev–Trinajstić information content (AvgIpc) is 2.77. The lowest BCUT2D eigenvalue weighted by Gasteiger charge is -2.42. The maximum atomic E-state index is 10.2. The third-order valence-electron chi connectivity index (χ3n) is 5.66. The molecular weight excluding hydrogens is 444 g/mol. The van der Waals surface area contributed by atoms with Gasteiger partial charge < -0.3 is 74.7 Å². The van der Waals surface area contributed by atoms with Crippen LogP contribution in [0.15, 0.2) is 0 Å². The third-order valence-corrected chi connectivity index (χ3v) is 5.66. The van der Waals surface area contributed by atoms with Crippen LogP contribution in [0.1, 0.15) is 0 Å². The van der Waals surface area contributed by atoms with E-state index in [-0.39, 0.29) is 6.61 Å². The Morgan fingerprint density at radius 3 is 1.66 bits per heavy atom. The predicted octanol–water partition coefficient (Wildman–Crippen LogP) is -6.93. The van der Waals surface area contributed by atoms with Gasteiger partial charge in [-0.3, -0.25) is 0 Å². The van der Waals surface area contributed by atoms with E-state index in [1.165, 1.54) is 0 Å². The molecule has 3 heterocycles. The molecule has 3 rings (SSSR count). The molecule has 15 nitrogen and oxygen atoms in total. The second-order valence-electron chi connectivity index (χ2n) is 7.97. The first-order chi connectivity index (χ1) is 15.0. The van der Waals surface area contributed by atoms with Gasteiger partial charge in [0.15, 0.2) is 18.9 Å². The van der Waals surface area contributed by atoms with Crippen molar-refractivity contribution in [3.05, 3.63) is 0 Å². The van der Waals surface area contributed by atoms with Crippen LogP contribution >= 0.6 is 0 Å². The van der Waals surface area contributed by atoms with Crippen LogP contribution in [-0.2, 0) is 23.7 Å². The number of hydrogen-bond acceptors (Lipinski definition) is 15. The molecule has 14 unspecified atom stereocenters. The highest BCUT2D eigenvalue weighted by Crippen LogP contribution is 2.26. The molecule has 3 aliphatic rings. The van der Waals surface area contributed by atoms with E-state index in [1.54, 1.807) is 0 Å². The van der Waals surface area contributed by atoms with Crippen molar-refractivity contribution >= 4 is 0 Å². The number of ether oxygens (including phenoxy) is 5. The zero-order chi connectivity index (χ0) is 23.7. The molecule has 0 aromatic rings. The Labute approximate surface area is 181 Å². The van der Waals surface area contributed by atoms with Gasteiger partial charge in [0.25, 0.3) is 0 Å². The number of aliphatic hydroxyl groups excluding tert-OH is 10. The topological polar surface area (TPSA) is 248 Å². The monoisotopic (exact) mass is 474 g/mol. The zero-order valence-electron chi connectivity index (χ0n) is 16.7. The fourth-order valence-corrected chi connectivity index (χ4v) is 3.57. The molecule has 0 amide bonds. The molecule has 32 heavy (non-hydrogen) atoms. The molecule has 0 aromatic carbocycles. The highest BCUT2D eigenvalue weighted by molar-refractivity contribution is 4.92. The first-order valence-electron chi connectivity index (χ1n) is 9.99. The largest absolute Gasteiger partial charge is 0.388 e. The molecule has 3 aliphatic heterocycles. The van der Waals surface area contributed by atoms with Gasteiger partial charge in [0.05, 0.1) is 19.8 Å². The molecule has 0 aromatic heterocycles. The van der Waals surface area contributed by atoms with Crippen molar-refractivity contribution in [1.82, 2.24) is 0 Å². The lowest BCUT2D eigenvalue weighted by molar-refractivity contribution is -0.335. The van der Waals surface area contributed by atoms with Crippen molar-refractivity contribution in [2.24, 2.45) is 0 Å². The van der Waals surface area contributed by atoms with Crippen LogP contribution in [0.2, 0.25) is 0 Å². The van der Waals surface area contributed by atoms with Crippen molar-refractivity contribution in [3.8, 4) is 0 Å². The highest BCUT2D eigenvalue weighted by atomic mass is 16.7. The fourth-order valence-electron chi connectivity index (χ4n) is 3.57. The Morgan fingerprint density at radius 1 is 0.531 bits per heavy atom. The molecule has 0 saturated carbocycles. The molecule has 3 fully saturated rings. The minimum Gasteiger partial charge on any atom is -0.388 e. The van der Waals surface area contributed by atoms with E-state index in [2.05, 4.69) is 0 Å². The molecule has 188 valence electrons. The van der Waals surface area contributed by atoms with Crippen molar-refractivity contribution in [3.63, 3.8) is 0 Å². The minimum absolute atomic E-state index is 0.319. The predicted molar refractivity (Wildman–Crippen MR) is 95.2 cm³/mol. The number of aliphatic hydroxyl groups is 10. The second-order valence-corrected chi connectivity index (χ2v) is 7.97. The summed E-state index contributed by atoms with van der Waals surface area (Å²) < 4.78 is 26.0. The standard InChI is InChI=1S/C17H30O15/c18-4-1-28-16(13(25)7(4)19)29-3-6-9(21)11(23)14(26)17(32-6)30-2-5-8(20)10(22)12(24)15(27)31-5/h4-27H,1-3H2. The van der Waals surface area contributed by atoms with Gasteiger partial charge >= 0.3 is 0 Å². The fraction of sp³-hybridized carbons (Fsp3) is 1.00. The maximum Gasteiger partial charge on any atom is 0.186 e. The van der Waals surface area contributed by atoms with Gasteiger partial charge in [-0.2, -0.15) is 0 Å². The van der Waals surface area contributed by atoms with E-state index in [0.717, 1.165) is 0 Å². The summed E-state index contributed by atoms with van der Waals surface area (Å²) in [7, 11) is 0. The Balaban J connectivity index is 1.56. The number of rotatable bonds is 6. The first-order valence-corrected chi connectivity index (χ1v) is 9.99. The van der Waals surface area contributed by atoms with Gasteiger partial charge in [-0.15, -0.1) is 0 Å². The molecule has 0 bridgehead atoms. The summed E-state index contributed by atoms with van der Waals surface area (Å²) >= 11 is 0. The van der Waals surface area contributed by atoms with Gasteiger partial charge in [-0.25, -0.2) is 0 Å². The van der Waals surface area contributed by atoms with Crippen molar-refractivity contribution in [2.45, 2.75) is 86.0 Å². The van der Waals surface area contributed by atoms with E-state index in [0.29, 0.717) is 0 Å². The molecule has 15 heteroatoms. The minimum atomic E-state index is -1.80. The Morgan fingerprint density at radius 2 is 1.03 bits per heavy atom. The van der Waals surface area contributed by atoms with Crippen molar-refractivity contribution in [2.75, 3.05) is 19.8 Å². The highest BCUT2D eigenvalue weighted by Gasteiger charge is 2.47. The third kappa shape index (κ3) is 5.38. The molecule has 14 atom stereocenters. The van der Waals surface area contributed by atoms with Crippen LogP contribution < -0.4 is 0 Å². The molecule has 3 saturated heterocycles. The van der Waals surface area contributed by atoms with Crippen LogP contribution in [0.3, 0.4) is 0 Å². The van der Waals surface area contributed by atoms with Crippen LogP contribution in [0.5, 0.6) is 0 Å². The van der Waals surface area contributed by atoms with Crippen LogP contribution in [0, 0.1) is 0 Å². The van der Waals surface area contributed by atoms with Crippen molar-refractivity contribution in [1.29, 1.82) is 0 Å². The van der Waals surface area contributed by atoms with E-state index in [4.69, 9.17) is 23.7 Å². The summed E-state index contributed by atoms with van der Waals surface area (Å²) in [5.74, 6) is 0. The number of hydrogen-bond donors (Lipinski definition) is 10. The average molecular weight is 474 g/mol. The van der Waals surface area contributed by atoms with Gasteiger partial charge in [0.1, 0.15) is 67.1 Å².